The van der Waals surface area contributed by atoms with Gasteiger partial charge >= 0.3 is 12.0 Å². The molecule has 1 atom stereocenters. The van der Waals surface area contributed by atoms with Crippen LogP contribution in [0.15, 0.2) is 0 Å². The average Bonchev–Trinajstić information content (AvgIpc) is 2.58. The molecule has 2 N–H and O–H groups in total. The van der Waals surface area contributed by atoms with E-state index in [1.807, 2.05) is 0 Å². The van der Waals surface area contributed by atoms with Crippen molar-refractivity contribution in [3.8, 4) is 0 Å². The van der Waals surface area contributed by atoms with Crippen molar-refractivity contribution >= 4 is 12.0 Å². The number of aliphatic carboxylic acids is 1. The molecule has 0 aromatic rings. The van der Waals surface area contributed by atoms with Gasteiger partial charge in [0.05, 0.1) is 0 Å². The quantitative estimate of drug-likeness (QED) is 0.824. The van der Waals surface area contributed by atoms with Crippen LogP contribution in [0.5, 0.6) is 0 Å². The molecular formula is C14H26N2O3. The molecule has 0 bridgehead atoms. The first-order valence-electron chi connectivity index (χ1n) is 6.91. The summed E-state index contributed by atoms with van der Waals surface area (Å²) >= 11 is 0. The first-order valence-corrected chi connectivity index (χ1v) is 6.91. The van der Waals surface area contributed by atoms with E-state index < -0.39 is 11.5 Å². The molecule has 110 valence electrons. The number of hydrogen-bond donors (Lipinski definition) is 2. The molecule has 0 spiro atoms. The van der Waals surface area contributed by atoms with Gasteiger partial charge in [-0.05, 0) is 45.4 Å². The summed E-state index contributed by atoms with van der Waals surface area (Å²) in [7, 11) is 0. The van der Waals surface area contributed by atoms with Gasteiger partial charge in [-0.3, -0.25) is 0 Å². The number of nitrogens with one attached hydrogen (secondary N) is 1. The van der Waals surface area contributed by atoms with Crippen molar-refractivity contribution in [3.63, 3.8) is 0 Å². The number of carboxylic acids is 1. The normalized spacial score (nSPS) is 22.1. The Morgan fingerprint density at radius 3 is 2.37 bits per heavy atom. The van der Waals surface area contributed by atoms with Gasteiger partial charge in [-0.2, -0.15) is 0 Å². The lowest BCUT2D eigenvalue weighted by atomic mass is 9.92. The molecule has 0 saturated heterocycles. The number of amides is 2. The van der Waals surface area contributed by atoms with Gasteiger partial charge < -0.3 is 15.3 Å². The zero-order valence-corrected chi connectivity index (χ0v) is 12.6. The van der Waals surface area contributed by atoms with Crippen LogP contribution < -0.4 is 5.32 Å². The first kappa shape index (κ1) is 15.8. The fourth-order valence-corrected chi connectivity index (χ4v) is 2.72. The molecule has 0 radical (unpaired) electrons. The fraction of sp³-hybridized carbons (Fsp3) is 0.857. The second-order valence-corrected chi connectivity index (χ2v) is 6.66. The monoisotopic (exact) mass is 270 g/mol. The summed E-state index contributed by atoms with van der Waals surface area (Å²) in [6.07, 6.45) is 3.00. The summed E-state index contributed by atoms with van der Waals surface area (Å²) in [5.41, 5.74) is -0.926. The molecule has 0 aromatic carbocycles. The smallest absolute Gasteiger partial charge is 0.329 e. The molecular weight excluding hydrogens is 244 g/mol. The molecule has 1 unspecified atom stereocenters. The Labute approximate surface area is 115 Å². The number of carboxylic acid groups (broad SMARTS) is 1. The van der Waals surface area contributed by atoms with Gasteiger partial charge in [0, 0.05) is 12.6 Å². The summed E-state index contributed by atoms with van der Waals surface area (Å²) in [6, 6.07) is -0.126. The first-order chi connectivity index (χ1) is 8.60. The van der Waals surface area contributed by atoms with E-state index in [9.17, 15) is 14.7 Å². The molecule has 5 nitrogen and oxygen atoms in total. The van der Waals surface area contributed by atoms with E-state index in [0.29, 0.717) is 6.54 Å². The minimum atomic E-state index is -1.19. The zero-order valence-electron chi connectivity index (χ0n) is 12.6. The Balaban J connectivity index is 2.68. The summed E-state index contributed by atoms with van der Waals surface area (Å²) in [6.45, 7) is 9.66. The summed E-state index contributed by atoms with van der Waals surface area (Å²) in [4.78, 5) is 24.9. The second kappa shape index (κ2) is 5.39. The van der Waals surface area contributed by atoms with Crippen molar-refractivity contribution < 1.29 is 14.7 Å². The van der Waals surface area contributed by atoms with Crippen molar-refractivity contribution in [2.24, 2.45) is 5.41 Å². The predicted octanol–water partition coefficient (Wildman–Crippen LogP) is 2.46. The lowest BCUT2D eigenvalue weighted by Gasteiger charge is -2.35. The van der Waals surface area contributed by atoms with Crippen molar-refractivity contribution in [3.05, 3.63) is 0 Å². The highest BCUT2D eigenvalue weighted by molar-refractivity contribution is 5.85. The summed E-state index contributed by atoms with van der Waals surface area (Å²) in [5.74, 6) is -0.990. The molecule has 1 saturated carbocycles. The van der Waals surface area contributed by atoms with Crippen molar-refractivity contribution in [1.29, 1.82) is 0 Å². The Kier molecular flexibility index (Phi) is 4.48. The molecule has 0 aliphatic heterocycles. The third-order valence-corrected chi connectivity index (χ3v) is 4.06. The maximum Gasteiger partial charge on any atom is 0.329 e. The maximum absolute atomic E-state index is 12.2. The Morgan fingerprint density at radius 2 is 2.00 bits per heavy atom. The van der Waals surface area contributed by atoms with Crippen molar-refractivity contribution in [1.82, 2.24) is 10.2 Å². The molecule has 0 aromatic heterocycles. The average molecular weight is 270 g/mol. The molecule has 1 fully saturated rings. The standard InChI is InChI=1S/C14H26N2O3/c1-6-16(14(4,5)11(17)18)12(19)15-10-7-8-13(2,3)9-10/h10H,6-9H2,1-5H3,(H,15,19)(H,17,18). The Bertz CT molecular complexity index is 364. The highest BCUT2D eigenvalue weighted by Crippen LogP contribution is 2.37. The lowest BCUT2D eigenvalue weighted by Crippen LogP contribution is -2.57. The van der Waals surface area contributed by atoms with Gasteiger partial charge in [0.1, 0.15) is 5.54 Å². The van der Waals surface area contributed by atoms with Crippen LogP contribution in [0.1, 0.15) is 53.9 Å². The van der Waals surface area contributed by atoms with Crippen LogP contribution in [0.4, 0.5) is 4.79 Å². The van der Waals surface area contributed by atoms with Gasteiger partial charge in [-0.25, -0.2) is 9.59 Å². The van der Waals surface area contributed by atoms with E-state index >= 15 is 0 Å². The largest absolute Gasteiger partial charge is 0.480 e. The molecule has 5 heteroatoms. The number of nitrogens with zero attached hydrogens (tertiary/aromatic N) is 1. The number of rotatable bonds is 4. The summed E-state index contributed by atoms with van der Waals surface area (Å²) in [5, 5.41) is 12.2. The maximum atomic E-state index is 12.2. The van der Waals surface area contributed by atoms with Crippen LogP contribution in [0.3, 0.4) is 0 Å². The van der Waals surface area contributed by atoms with E-state index in [2.05, 4.69) is 19.2 Å². The van der Waals surface area contributed by atoms with E-state index in [1.54, 1.807) is 20.8 Å². The van der Waals surface area contributed by atoms with Crippen molar-refractivity contribution in [2.75, 3.05) is 6.54 Å². The van der Waals surface area contributed by atoms with E-state index in [-0.39, 0.29) is 17.5 Å². The summed E-state index contributed by atoms with van der Waals surface area (Å²) < 4.78 is 0. The molecule has 2 amide bonds. The van der Waals surface area contributed by atoms with Crippen LogP contribution in [0, 0.1) is 5.41 Å². The van der Waals surface area contributed by atoms with E-state index in [1.165, 1.54) is 4.90 Å². The third kappa shape index (κ3) is 3.61. The lowest BCUT2D eigenvalue weighted by molar-refractivity contribution is -0.147. The van der Waals surface area contributed by atoms with Crippen LogP contribution in [0.25, 0.3) is 0 Å². The topological polar surface area (TPSA) is 69.6 Å². The molecule has 1 aliphatic rings. The number of carbonyl (C=O) groups is 2. The van der Waals surface area contributed by atoms with Crippen LogP contribution in [0.2, 0.25) is 0 Å². The van der Waals surface area contributed by atoms with Crippen LogP contribution in [-0.4, -0.2) is 40.1 Å². The number of urea groups is 1. The highest BCUT2D eigenvalue weighted by Gasteiger charge is 2.39. The van der Waals surface area contributed by atoms with E-state index in [4.69, 9.17) is 0 Å². The molecule has 0 heterocycles. The number of carbonyl (C=O) groups excluding carboxylic acids is 1. The Hall–Kier alpha value is -1.26. The van der Waals surface area contributed by atoms with Gasteiger partial charge in [-0.15, -0.1) is 0 Å². The number of hydrogen-bond acceptors (Lipinski definition) is 2. The molecule has 19 heavy (non-hydrogen) atoms. The predicted molar refractivity (Wildman–Crippen MR) is 74.0 cm³/mol. The van der Waals surface area contributed by atoms with Gasteiger partial charge in [0.2, 0.25) is 0 Å². The van der Waals surface area contributed by atoms with Crippen LogP contribution >= 0.6 is 0 Å². The highest BCUT2D eigenvalue weighted by atomic mass is 16.4. The fourth-order valence-electron chi connectivity index (χ4n) is 2.72. The molecule has 1 rings (SSSR count). The minimum absolute atomic E-state index is 0.154. The van der Waals surface area contributed by atoms with Gasteiger partial charge in [0.15, 0.2) is 0 Å². The minimum Gasteiger partial charge on any atom is -0.480 e. The Morgan fingerprint density at radius 1 is 1.42 bits per heavy atom. The second-order valence-electron chi connectivity index (χ2n) is 6.66. The third-order valence-electron chi connectivity index (χ3n) is 4.06. The van der Waals surface area contributed by atoms with Crippen LogP contribution in [-0.2, 0) is 4.79 Å². The zero-order chi connectivity index (χ0) is 14.8. The van der Waals surface area contributed by atoms with E-state index in [0.717, 1.165) is 19.3 Å². The van der Waals surface area contributed by atoms with Gasteiger partial charge in [-0.1, -0.05) is 13.8 Å². The molecule has 1 aliphatic carbocycles. The van der Waals surface area contributed by atoms with Crippen molar-refractivity contribution in [2.45, 2.75) is 65.5 Å². The number of likely N-dealkylation sites (N-methyl/N-ethyl adjacent to an activating group) is 1. The van der Waals surface area contributed by atoms with Gasteiger partial charge in [0.25, 0.3) is 0 Å². The SMILES string of the molecule is CCN(C(=O)NC1CCC(C)(C)C1)C(C)(C)C(=O)O.